The Labute approximate surface area is 76.3 Å². The van der Waals surface area contributed by atoms with Crippen molar-refractivity contribution in [3.63, 3.8) is 0 Å². The van der Waals surface area contributed by atoms with E-state index in [1.54, 1.807) is 62.0 Å². The number of rotatable bonds is 3. The zero-order valence-corrected chi connectivity index (χ0v) is 12.4. The molecule has 0 aliphatic carbocycles. The molecule has 0 heterocycles. The molecule has 0 aromatic heterocycles. The second kappa shape index (κ2) is 5.81. The Morgan fingerprint density at radius 3 is 2.14 bits per heavy atom. The van der Waals surface area contributed by atoms with Gasteiger partial charge in [-0.25, -0.2) is 0 Å². The Morgan fingerprint density at radius 1 is 1.43 bits per heavy atom. The van der Waals surface area contributed by atoms with Crippen molar-refractivity contribution in [2.75, 3.05) is 0 Å². The molecule has 0 aromatic rings. The van der Waals surface area contributed by atoms with Gasteiger partial charge in [0.15, 0.2) is 0 Å². The van der Waals surface area contributed by atoms with Crippen molar-refractivity contribution in [2.24, 2.45) is 0 Å². The van der Waals surface area contributed by atoms with E-state index >= 15 is 0 Å². The summed E-state index contributed by atoms with van der Waals surface area (Å²) < 4.78 is 6.14. The van der Waals surface area contributed by atoms with Gasteiger partial charge in [-0.3, -0.25) is 0 Å². The zero-order valence-electron chi connectivity index (χ0n) is 3.59. The van der Waals surface area contributed by atoms with Crippen LogP contribution < -0.4 is 0 Å². The average molecular weight is 604 g/mol. The van der Waals surface area contributed by atoms with Crippen LogP contribution in [0.5, 0.6) is 0 Å². The van der Waals surface area contributed by atoms with Crippen molar-refractivity contribution < 1.29 is 58.1 Å². The maximum absolute atomic E-state index is 2.28. The molecule has 0 nitrogen and oxygen atoms in total. The first-order valence-electron chi connectivity index (χ1n) is 1.73. The van der Waals surface area contributed by atoms with Gasteiger partial charge in [0.2, 0.25) is 0 Å². The van der Waals surface area contributed by atoms with Crippen LogP contribution in [0, 0.1) is 0 Å². The average Bonchev–Trinajstić information content (AvgIpc) is 1.68. The summed E-state index contributed by atoms with van der Waals surface area (Å²) in [4.78, 5) is 0. The Balaban J connectivity index is 3.36. The van der Waals surface area contributed by atoms with Crippen molar-refractivity contribution in [2.45, 2.75) is 6.42 Å². The van der Waals surface area contributed by atoms with Crippen LogP contribution in [0.3, 0.4) is 0 Å². The molecule has 0 spiro atoms. The van der Waals surface area contributed by atoms with Crippen LogP contribution >= 0.6 is 0 Å². The summed E-state index contributed by atoms with van der Waals surface area (Å²) in [5.41, 5.74) is 0. The second-order valence-electron chi connectivity index (χ2n) is 0.955. The molecule has 0 saturated carbocycles. The van der Waals surface area contributed by atoms with Crippen LogP contribution in [0.1, 0.15) is 6.42 Å². The van der Waals surface area contributed by atoms with Gasteiger partial charge < -0.3 is 0 Å². The predicted molar refractivity (Wildman–Crippen MR) is 21.8 cm³/mol. The van der Waals surface area contributed by atoms with E-state index in [0.717, 1.165) is 0 Å². The second-order valence-corrected chi connectivity index (χ2v) is 4.88. The van der Waals surface area contributed by atoms with E-state index in [1.807, 2.05) is 0 Å². The third-order valence-electron chi connectivity index (χ3n) is 0.416. The first-order chi connectivity index (χ1) is 3.31. The van der Waals surface area contributed by atoms with E-state index in [4.69, 9.17) is 0 Å². The van der Waals surface area contributed by atoms with E-state index in [-0.39, 0.29) is 0 Å². The quantitative estimate of drug-likeness (QED) is 0.420. The standard InChI is InChI=1S/C4H4.3W/c1-3-4-2;;;/h1-2H,3H2;;;. The van der Waals surface area contributed by atoms with E-state index < -0.39 is 0 Å². The Bertz CT molecular complexity index is 95.1. The molecule has 0 fully saturated rings. The summed E-state index contributed by atoms with van der Waals surface area (Å²) in [7, 11) is 0. The Hall–Kier alpha value is 1.67. The van der Waals surface area contributed by atoms with Crippen LogP contribution in [0.2, 0.25) is 0 Å². The van der Waals surface area contributed by atoms with Gasteiger partial charge in [0.05, 0.1) is 0 Å². The summed E-state index contributed by atoms with van der Waals surface area (Å²) in [5.74, 6) is 0. The van der Waals surface area contributed by atoms with Gasteiger partial charge in [-0.2, -0.15) is 0 Å². The van der Waals surface area contributed by atoms with Gasteiger partial charge >= 0.3 is 77.2 Å². The van der Waals surface area contributed by atoms with Crippen molar-refractivity contribution >= 4 is 12.7 Å². The molecule has 0 bridgehead atoms. The summed E-state index contributed by atoms with van der Waals surface area (Å²) in [6, 6.07) is 0. The molecule has 38 valence electrons. The minimum atomic E-state index is 1.23. The Kier molecular flexibility index (Phi) is 7.19. The summed E-state index contributed by atoms with van der Waals surface area (Å²) in [6.45, 7) is 0. The molecule has 0 saturated heterocycles. The summed E-state index contributed by atoms with van der Waals surface area (Å²) in [6.07, 6.45) is 1.23. The van der Waals surface area contributed by atoms with Gasteiger partial charge in [-0.05, 0) is 0 Å². The van der Waals surface area contributed by atoms with Crippen LogP contribution in [-0.4, -0.2) is 12.7 Å². The molecule has 3 heteroatoms. The first kappa shape index (κ1) is 8.67. The van der Waals surface area contributed by atoms with Crippen LogP contribution in [0.15, 0.2) is 0 Å². The molecule has 0 aliphatic heterocycles. The molecule has 0 rings (SSSR count). The molecule has 0 aliphatic rings. The van der Waals surface area contributed by atoms with Crippen molar-refractivity contribution in [1.29, 1.82) is 0 Å². The molecule has 0 amide bonds. The summed E-state index contributed by atoms with van der Waals surface area (Å²) >= 11 is 4.80. The molecule has 0 radical (unpaired) electrons. The molecule has 0 aromatic carbocycles. The normalized spacial score (nSPS) is 7.43. The third kappa shape index (κ3) is 5.55. The van der Waals surface area contributed by atoms with Crippen molar-refractivity contribution in [3.05, 3.63) is 0 Å². The van der Waals surface area contributed by atoms with E-state index in [2.05, 4.69) is 8.80 Å². The Morgan fingerprint density at radius 2 is 2.00 bits per heavy atom. The van der Waals surface area contributed by atoms with E-state index in [9.17, 15) is 0 Å². The van der Waals surface area contributed by atoms with Crippen molar-refractivity contribution in [3.8, 4) is 0 Å². The van der Waals surface area contributed by atoms with Gasteiger partial charge in [0.1, 0.15) is 0 Å². The molecular weight excluding hydrogens is 600 g/mol. The third-order valence-corrected chi connectivity index (χ3v) is 5.39. The van der Waals surface area contributed by atoms with Crippen molar-refractivity contribution in [1.82, 2.24) is 0 Å². The molecule has 0 N–H and O–H groups in total. The molecule has 7 heavy (non-hydrogen) atoms. The SMILES string of the molecule is [W]=[CH]C[C](=[W])[CH]=[W]. The molecule has 0 unspecified atom stereocenters. The number of hydrogen-bond acceptors (Lipinski definition) is 0. The van der Waals surface area contributed by atoms with Gasteiger partial charge in [-0.15, -0.1) is 0 Å². The molecule has 0 atom stereocenters. The van der Waals surface area contributed by atoms with E-state index in [0.29, 0.717) is 0 Å². The predicted octanol–water partition coefficient (Wildman–Crippen LogP) is -0.206. The van der Waals surface area contributed by atoms with E-state index in [1.165, 1.54) is 6.42 Å². The van der Waals surface area contributed by atoms with Gasteiger partial charge in [0, 0.05) is 0 Å². The monoisotopic (exact) mass is 604 g/mol. The van der Waals surface area contributed by atoms with Crippen LogP contribution in [0.25, 0.3) is 0 Å². The van der Waals surface area contributed by atoms with Crippen LogP contribution in [0.4, 0.5) is 0 Å². The zero-order chi connectivity index (χ0) is 5.70. The minimum absolute atomic E-state index is 1.23. The fourth-order valence-corrected chi connectivity index (χ4v) is 3.07. The fraction of sp³-hybridized carbons (Fsp3) is 0.250. The van der Waals surface area contributed by atoms with Gasteiger partial charge in [-0.1, -0.05) is 0 Å². The molecular formula is C4H4W3. The summed E-state index contributed by atoms with van der Waals surface area (Å²) in [5, 5.41) is 0. The fourth-order valence-electron chi connectivity index (χ4n) is 0.130. The maximum atomic E-state index is 2.28. The van der Waals surface area contributed by atoms with Gasteiger partial charge in [0.25, 0.3) is 0 Å². The topological polar surface area (TPSA) is 0 Å². The van der Waals surface area contributed by atoms with Crippen LogP contribution in [-0.2, 0) is 58.1 Å². The first-order valence-corrected chi connectivity index (χ1v) is 6.58. The number of hydrogen-bond donors (Lipinski definition) is 0.